The molecule has 3 nitrogen and oxygen atoms in total. The van der Waals surface area contributed by atoms with Crippen molar-refractivity contribution in [3.05, 3.63) is 47.4 Å². The summed E-state index contributed by atoms with van der Waals surface area (Å²) in [6.45, 7) is 8.39. The molecule has 1 aromatic carbocycles. The smallest absolute Gasteiger partial charge is 0.148 e. The Hall–Kier alpha value is -1.74. The molecule has 0 radical (unpaired) electrons. The van der Waals surface area contributed by atoms with Gasteiger partial charge < -0.3 is 5.32 Å². The first-order chi connectivity index (χ1) is 8.94. The Kier molecular flexibility index (Phi) is 3.67. The number of rotatable bonds is 3. The van der Waals surface area contributed by atoms with Crippen molar-refractivity contribution < 1.29 is 0 Å². The third-order valence-electron chi connectivity index (χ3n) is 3.64. The van der Waals surface area contributed by atoms with Gasteiger partial charge in [0.05, 0.1) is 11.2 Å². The Morgan fingerprint density at radius 3 is 2.42 bits per heavy atom. The second-order valence-corrected chi connectivity index (χ2v) is 5.44. The predicted octanol–water partition coefficient (Wildman–Crippen LogP) is 3.21. The second kappa shape index (κ2) is 5.10. The van der Waals surface area contributed by atoms with Gasteiger partial charge in [-0.3, -0.25) is 0 Å². The second-order valence-electron chi connectivity index (χ2n) is 5.44. The topological polar surface area (TPSA) is 37.8 Å². The summed E-state index contributed by atoms with van der Waals surface area (Å²) in [4.78, 5) is 9.06. The number of aryl methyl sites for hydroxylation is 2. The van der Waals surface area contributed by atoms with Gasteiger partial charge in [0.1, 0.15) is 5.82 Å². The van der Waals surface area contributed by atoms with E-state index in [-0.39, 0.29) is 5.54 Å². The van der Waals surface area contributed by atoms with Crippen LogP contribution in [0.3, 0.4) is 0 Å². The van der Waals surface area contributed by atoms with Crippen LogP contribution in [0.25, 0.3) is 11.3 Å². The minimum absolute atomic E-state index is 0.226. The van der Waals surface area contributed by atoms with Gasteiger partial charge in [-0.15, -0.1) is 0 Å². The zero-order chi connectivity index (χ0) is 14.0. The van der Waals surface area contributed by atoms with Crippen LogP contribution in [0.5, 0.6) is 0 Å². The third-order valence-corrected chi connectivity index (χ3v) is 3.64. The molecular formula is C16H21N3. The zero-order valence-corrected chi connectivity index (χ0v) is 12.3. The summed E-state index contributed by atoms with van der Waals surface area (Å²) in [5.41, 5.74) is 4.46. The first-order valence-electron chi connectivity index (χ1n) is 6.54. The average molecular weight is 255 g/mol. The maximum Gasteiger partial charge on any atom is 0.148 e. The molecule has 0 fully saturated rings. The van der Waals surface area contributed by atoms with Crippen LogP contribution in [-0.2, 0) is 5.54 Å². The highest BCUT2D eigenvalue weighted by Crippen LogP contribution is 2.22. The van der Waals surface area contributed by atoms with Crippen LogP contribution < -0.4 is 5.32 Å². The monoisotopic (exact) mass is 255 g/mol. The summed E-state index contributed by atoms with van der Waals surface area (Å²) in [5.74, 6) is 0.811. The van der Waals surface area contributed by atoms with Gasteiger partial charge in [-0.05, 0) is 58.0 Å². The van der Waals surface area contributed by atoms with E-state index in [4.69, 9.17) is 0 Å². The van der Waals surface area contributed by atoms with E-state index >= 15 is 0 Å². The van der Waals surface area contributed by atoms with Crippen molar-refractivity contribution >= 4 is 0 Å². The number of hydrogen-bond acceptors (Lipinski definition) is 3. The Balaban J connectivity index is 2.46. The first kappa shape index (κ1) is 13.7. The number of nitrogens with zero attached hydrogens (tertiary/aromatic N) is 2. The SMILES string of the molecule is CNC(C)(C)c1nccc(-c2ccc(C)c(C)c2)n1. The van der Waals surface area contributed by atoms with Crippen LogP contribution in [0.1, 0.15) is 30.8 Å². The fraction of sp³-hybridized carbons (Fsp3) is 0.375. The molecule has 1 aromatic heterocycles. The number of nitrogens with one attached hydrogen (secondary N) is 1. The van der Waals surface area contributed by atoms with Crippen molar-refractivity contribution in [2.75, 3.05) is 7.05 Å². The minimum atomic E-state index is -0.226. The number of benzene rings is 1. The lowest BCUT2D eigenvalue weighted by Crippen LogP contribution is -2.35. The molecular weight excluding hydrogens is 234 g/mol. The molecule has 3 heteroatoms. The van der Waals surface area contributed by atoms with Gasteiger partial charge in [-0.25, -0.2) is 9.97 Å². The van der Waals surface area contributed by atoms with E-state index in [0.717, 1.165) is 17.1 Å². The summed E-state index contributed by atoms with van der Waals surface area (Å²) in [7, 11) is 1.92. The molecule has 0 atom stereocenters. The third kappa shape index (κ3) is 2.82. The van der Waals surface area contributed by atoms with E-state index in [1.807, 2.05) is 19.3 Å². The van der Waals surface area contributed by atoms with Crippen molar-refractivity contribution in [3.8, 4) is 11.3 Å². The summed E-state index contributed by atoms with van der Waals surface area (Å²) < 4.78 is 0. The van der Waals surface area contributed by atoms with Gasteiger partial charge in [0.2, 0.25) is 0 Å². The summed E-state index contributed by atoms with van der Waals surface area (Å²) >= 11 is 0. The minimum Gasteiger partial charge on any atom is -0.308 e. The van der Waals surface area contributed by atoms with E-state index in [0.29, 0.717) is 0 Å². The Morgan fingerprint density at radius 1 is 1.05 bits per heavy atom. The van der Waals surface area contributed by atoms with Crippen LogP contribution in [0.15, 0.2) is 30.5 Å². The lowest BCUT2D eigenvalue weighted by atomic mass is 10.0. The van der Waals surface area contributed by atoms with Gasteiger partial charge in [-0.2, -0.15) is 0 Å². The van der Waals surface area contributed by atoms with Crippen molar-refractivity contribution in [2.45, 2.75) is 33.2 Å². The fourth-order valence-electron chi connectivity index (χ4n) is 1.83. The van der Waals surface area contributed by atoms with Crippen LogP contribution >= 0.6 is 0 Å². The molecule has 0 amide bonds. The molecule has 0 aliphatic heterocycles. The average Bonchev–Trinajstić information content (AvgIpc) is 2.42. The molecule has 100 valence electrons. The van der Waals surface area contributed by atoms with E-state index in [9.17, 15) is 0 Å². The molecule has 0 spiro atoms. The Morgan fingerprint density at radius 2 is 1.79 bits per heavy atom. The van der Waals surface area contributed by atoms with Gasteiger partial charge >= 0.3 is 0 Å². The number of hydrogen-bond donors (Lipinski definition) is 1. The molecule has 1 heterocycles. The number of aromatic nitrogens is 2. The maximum absolute atomic E-state index is 4.68. The van der Waals surface area contributed by atoms with Crippen LogP contribution in [0.2, 0.25) is 0 Å². The normalized spacial score (nSPS) is 11.6. The molecule has 19 heavy (non-hydrogen) atoms. The molecule has 0 saturated heterocycles. The quantitative estimate of drug-likeness (QED) is 0.915. The lowest BCUT2D eigenvalue weighted by Gasteiger charge is -2.22. The summed E-state index contributed by atoms with van der Waals surface area (Å²) in [5, 5.41) is 3.23. The molecule has 1 N–H and O–H groups in total. The highest BCUT2D eigenvalue weighted by molar-refractivity contribution is 5.60. The summed E-state index contributed by atoms with van der Waals surface area (Å²) in [6, 6.07) is 8.38. The lowest BCUT2D eigenvalue weighted by molar-refractivity contribution is 0.417. The molecule has 0 saturated carbocycles. The largest absolute Gasteiger partial charge is 0.308 e. The highest BCUT2D eigenvalue weighted by Gasteiger charge is 2.21. The summed E-state index contributed by atoms with van der Waals surface area (Å²) in [6.07, 6.45) is 1.83. The molecule has 2 aromatic rings. The molecule has 2 rings (SSSR count). The van der Waals surface area contributed by atoms with Crippen LogP contribution in [0, 0.1) is 13.8 Å². The van der Waals surface area contributed by atoms with Crippen molar-refractivity contribution in [1.29, 1.82) is 0 Å². The van der Waals surface area contributed by atoms with Crippen LogP contribution in [0.4, 0.5) is 0 Å². The molecule has 0 aliphatic rings. The molecule has 0 bridgehead atoms. The van der Waals surface area contributed by atoms with Gasteiger partial charge in [0, 0.05) is 11.8 Å². The first-order valence-corrected chi connectivity index (χ1v) is 6.54. The van der Waals surface area contributed by atoms with Crippen molar-refractivity contribution in [2.24, 2.45) is 0 Å². The highest BCUT2D eigenvalue weighted by atomic mass is 15.0. The maximum atomic E-state index is 4.68. The van der Waals surface area contributed by atoms with Gasteiger partial charge in [0.15, 0.2) is 0 Å². The van der Waals surface area contributed by atoms with E-state index in [1.54, 1.807) is 0 Å². The fourth-order valence-corrected chi connectivity index (χ4v) is 1.83. The standard InChI is InChI=1S/C16H21N3/c1-11-6-7-13(10-12(11)2)14-8-9-18-15(19-14)16(3,4)17-5/h6-10,17H,1-5H3. The Bertz CT molecular complexity index is 588. The van der Waals surface area contributed by atoms with Gasteiger partial charge in [0.25, 0.3) is 0 Å². The molecule has 0 aliphatic carbocycles. The van der Waals surface area contributed by atoms with E-state index in [1.165, 1.54) is 11.1 Å². The predicted molar refractivity (Wildman–Crippen MR) is 79.0 cm³/mol. The van der Waals surface area contributed by atoms with Gasteiger partial charge in [-0.1, -0.05) is 12.1 Å². The Labute approximate surface area is 115 Å². The van der Waals surface area contributed by atoms with E-state index < -0.39 is 0 Å². The van der Waals surface area contributed by atoms with E-state index in [2.05, 4.69) is 61.2 Å². The zero-order valence-electron chi connectivity index (χ0n) is 12.3. The van der Waals surface area contributed by atoms with Crippen molar-refractivity contribution in [3.63, 3.8) is 0 Å². The molecule has 0 unspecified atom stereocenters. The van der Waals surface area contributed by atoms with Crippen LogP contribution in [-0.4, -0.2) is 17.0 Å². The van der Waals surface area contributed by atoms with Crippen molar-refractivity contribution in [1.82, 2.24) is 15.3 Å².